The summed E-state index contributed by atoms with van der Waals surface area (Å²) >= 11 is 9.56. The molecule has 0 N–H and O–H groups in total. The van der Waals surface area contributed by atoms with Gasteiger partial charge >= 0.3 is 0 Å². The Hall–Kier alpha value is -1.42. The minimum Gasteiger partial charge on any atom is -0.487 e. The molecule has 7 heteroatoms. The van der Waals surface area contributed by atoms with E-state index in [0.717, 1.165) is 57.8 Å². The van der Waals surface area contributed by atoms with Gasteiger partial charge in [-0.1, -0.05) is 12.1 Å². The first-order chi connectivity index (χ1) is 15.1. The zero-order valence-electron chi connectivity index (χ0n) is 16.7. The summed E-state index contributed by atoms with van der Waals surface area (Å²) in [4.78, 5) is 6.96. The first-order valence-corrected chi connectivity index (χ1v) is 12.6. The van der Waals surface area contributed by atoms with Gasteiger partial charge in [-0.2, -0.15) is 0 Å². The fourth-order valence-corrected chi connectivity index (χ4v) is 5.06. The van der Waals surface area contributed by atoms with Crippen LogP contribution in [0.3, 0.4) is 0 Å². The SMILES string of the molecule is Brc1cc(C=Nc2ccc(N3CCOCC3)cc2)cc(Br)c1OCc1ccc(I)cc1. The third kappa shape index (κ3) is 6.31. The van der Waals surface area contributed by atoms with E-state index >= 15 is 0 Å². The number of anilines is 1. The lowest BCUT2D eigenvalue weighted by Crippen LogP contribution is -2.36. The molecule has 1 aliphatic rings. The molecule has 3 aromatic carbocycles. The van der Waals surface area contributed by atoms with E-state index in [4.69, 9.17) is 9.47 Å². The van der Waals surface area contributed by atoms with Crippen molar-refractivity contribution >= 4 is 72.0 Å². The van der Waals surface area contributed by atoms with Crippen LogP contribution in [0.15, 0.2) is 74.6 Å². The summed E-state index contributed by atoms with van der Waals surface area (Å²) in [5.41, 5.74) is 4.24. The van der Waals surface area contributed by atoms with Crippen molar-refractivity contribution in [1.29, 1.82) is 0 Å². The van der Waals surface area contributed by atoms with Crippen LogP contribution in [0.5, 0.6) is 5.75 Å². The number of halogens is 3. The molecule has 0 atom stereocenters. The van der Waals surface area contributed by atoms with Crippen molar-refractivity contribution in [3.8, 4) is 5.75 Å². The molecular formula is C24H21Br2IN2O2. The van der Waals surface area contributed by atoms with Crippen molar-refractivity contribution in [2.75, 3.05) is 31.2 Å². The number of aliphatic imine (C=N–C) groups is 1. The minimum absolute atomic E-state index is 0.511. The highest BCUT2D eigenvalue weighted by Gasteiger charge is 2.11. The molecule has 0 saturated carbocycles. The number of hydrogen-bond acceptors (Lipinski definition) is 4. The molecule has 4 rings (SSSR count). The molecule has 3 aromatic rings. The normalized spacial score (nSPS) is 14.2. The third-order valence-electron chi connectivity index (χ3n) is 4.91. The van der Waals surface area contributed by atoms with Crippen LogP contribution >= 0.6 is 54.5 Å². The molecule has 0 radical (unpaired) electrons. The highest BCUT2D eigenvalue weighted by atomic mass is 127. The molecule has 1 saturated heterocycles. The monoisotopic (exact) mass is 654 g/mol. The summed E-state index contributed by atoms with van der Waals surface area (Å²) in [7, 11) is 0. The van der Waals surface area contributed by atoms with Crippen molar-refractivity contribution in [3.63, 3.8) is 0 Å². The minimum atomic E-state index is 0.511. The second kappa shape index (κ2) is 10.9. The Kier molecular flexibility index (Phi) is 8.03. The van der Waals surface area contributed by atoms with Crippen LogP contribution in [-0.4, -0.2) is 32.5 Å². The van der Waals surface area contributed by atoms with E-state index < -0.39 is 0 Å². The lowest BCUT2D eigenvalue weighted by molar-refractivity contribution is 0.122. The van der Waals surface area contributed by atoms with Crippen molar-refractivity contribution in [2.45, 2.75) is 6.61 Å². The van der Waals surface area contributed by atoms with Crippen LogP contribution in [0, 0.1) is 3.57 Å². The zero-order valence-corrected chi connectivity index (χ0v) is 22.1. The topological polar surface area (TPSA) is 34.1 Å². The summed E-state index contributed by atoms with van der Waals surface area (Å²) in [6.07, 6.45) is 1.86. The van der Waals surface area contributed by atoms with Crippen LogP contribution < -0.4 is 9.64 Å². The van der Waals surface area contributed by atoms with E-state index in [1.165, 1.54) is 9.26 Å². The molecule has 4 nitrogen and oxygen atoms in total. The van der Waals surface area contributed by atoms with Crippen molar-refractivity contribution in [1.82, 2.24) is 0 Å². The van der Waals surface area contributed by atoms with E-state index in [1.54, 1.807) is 0 Å². The number of nitrogens with zero attached hydrogens (tertiary/aromatic N) is 2. The lowest BCUT2D eigenvalue weighted by Gasteiger charge is -2.28. The first kappa shape index (κ1) is 22.8. The molecule has 0 aliphatic carbocycles. The smallest absolute Gasteiger partial charge is 0.148 e. The fraction of sp³-hybridized carbons (Fsp3) is 0.208. The molecular weight excluding hydrogens is 635 g/mol. The van der Waals surface area contributed by atoms with Gasteiger partial charge in [0.05, 0.1) is 27.8 Å². The third-order valence-corrected chi connectivity index (χ3v) is 6.80. The van der Waals surface area contributed by atoms with Crippen molar-refractivity contribution in [2.24, 2.45) is 4.99 Å². The molecule has 1 aliphatic heterocycles. The molecule has 0 spiro atoms. The Labute approximate surface area is 213 Å². The maximum atomic E-state index is 6.03. The zero-order chi connectivity index (χ0) is 21.6. The van der Waals surface area contributed by atoms with Crippen LogP contribution in [0.2, 0.25) is 0 Å². The average Bonchev–Trinajstić information content (AvgIpc) is 2.79. The second-order valence-corrected chi connectivity index (χ2v) is 10.1. The Morgan fingerprint density at radius 3 is 2.26 bits per heavy atom. The Morgan fingerprint density at radius 2 is 1.61 bits per heavy atom. The second-order valence-electron chi connectivity index (χ2n) is 7.10. The molecule has 1 heterocycles. The highest BCUT2D eigenvalue weighted by molar-refractivity contribution is 14.1. The number of rotatable bonds is 6. The van der Waals surface area contributed by atoms with Crippen LogP contribution in [0.4, 0.5) is 11.4 Å². The van der Waals surface area contributed by atoms with Crippen LogP contribution in [0.1, 0.15) is 11.1 Å². The van der Waals surface area contributed by atoms with E-state index in [-0.39, 0.29) is 0 Å². The fourth-order valence-electron chi connectivity index (χ4n) is 3.25. The van der Waals surface area contributed by atoms with Gasteiger partial charge in [-0.25, -0.2) is 0 Å². The van der Waals surface area contributed by atoms with Gasteiger partial charge in [0.2, 0.25) is 0 Å². The van der Waals surface area contributed by atoms with Gasteiger partial charge in [0, 0.05) is 28.6 Å². The summed E-state index contributed by atoms with van der Waals surface area (Å²) in [6, 6.07) is 20.7. The first-order valence-electron chi connectivity index (χ1n) is 9.91. The standard InChI is InChI=1S/C24H21Br2IN2O2/c25-22-13-18(14-23(26)24(22)31-16-17-1-3-19(27)4-2-17)15-28-20-5-7-21(8-6-20)29-9-11-30-12-10-29/h1-8,13-15H,9-12,16H2. The van der Waals surface area contributed by atoms with Gasteiger partial charge in [0.1, 0.15) is 12.4 Å². The van der Waals surface area contributed by atoms with E-state index in [1.807, 2.05) is 30.5 Å². The van der Waals surface area contributed by atoms with Crippen molar-refractivity contribution < 1.29 is 9.47 Å². The summed E-state index contributed by atoms with van der Waals surface area (Å²) in [5.74, 6) is 0.783. The average molecular weight is 656 g/mol. The Bertz CT molecular complexity index is 1030. The van der Waals surface area contributed by atoms with Gasteiger partial charge in [0.15, 0.2) is 0 Å². The van der Waals surface area contributed by atoms with Crippen molar-refractivity contribution in [3.05, 3.63) is 84.3 Å². The Balaban J connectivity index is 1.41. The number of hydrogen-bond donors (Lipinski definition) is 0. The van der Waals surface area contributed by atoms with Gasteiger partial charge in [-0.15, -0.1) is 0 Å². The maximum absolute atomic E-state index is 6.03. The van der Waals surface area contributed by atoms with Gasteiger partial charge in [0.25, 0.3) is 0 Å². The summed E-state index contributed by atoms with van der Waals surface area (Å²) in [6.45, 7) is 3.95. The quantitative estimate of drug-likeness (QED) is 0.212. The van der Waals surface area contributed by atoms with Gasteiger partial charge in [-0.05, 0) is 114 Å². The molecule has 0 amide bonds. The maximum Gasteiger partial charge on any atom is 0.148 e. The van der Waals surface area contributed by atoms with E-state index in [0.29, 0.717) is 6.61 Å². The molecule has 160 valence electrons. The molecule has 31 heavy (non-hydrogen) atoms. The predicted octanol–water partition coefficient (Wildman–Crippen LogP) is 6.98. The molecule has 0 aromatic heterocycles. The molecule has 0 bridgehead atoms. The van der Waals surface area contributed by atoms with Crippen LogP contribution in [0.25, 0.3) is 0 Å². The molecule has 1 fully saturated rings. The largest absolute Gasteiger partial charge is 0.487 e. The van der Waals surface area contributed by atoms with Gasteiger partial charge < -0.3 is 14.4 Å². The summed E-state index contributed by atoms with van der Waals surface area (Å²) in [5, 5.41) is 0. The highest BCUT2D eigenvalue weighted by Crippen LogP contribution is 2.35. The molecule has 0 unspecified atom stereocenters. The summed E-state index contributed by atoms with van der Waals surface area (Å²) < 4.78 is 14.4. The number of morpholine rings is 1. The van der Waals surface area contributed by atoms with Gasteiger partial charge in [-0.3, -0.25) is 4.99 Å². The van der Waals surface area contributed by atoms with Crippen LogP contribution in [-0.2, 0) is 11.3 Å². The number of ether oxygens (including phenoxy) is 2. The van der Waals surface area contributed by atoms with E-state index in [9.17, 15) is 0 Å². The number of benzene rings is 3. The predicted molar refractivity (Wildman–Crippen MR) is 142 cm³/mol. The van der Waals surface area contributed by atoms with E-state index in [2.05, 4.69) is 101 Å². The lowest BCUT2D eigenvalue weighted by atomic mass is 10.2. The Morgan fingerprint density at radius 1 is 0.968 bits per heavy atom.